The summed E-state index contributed by atoms with van der Waals surface area (Å²) < 4.78 is 11.0. The third-order valence-corrected chi connectivity index (χ3v) is 5.92. The number of rotatable bonds is 8. The maximum absolute atomic E-state index is 13.7. The van der Waals surface area contributed by atoms with Crippen LogP contribution in [-0.2, 0) is 14.3 Å². The van der Waals surface area contributed by atoms with Crippen LogP contribution in [0.15, 0.2) is 60.3 Å². The summed E-state index contributed by atoms with van der Waals surface area (Å²) in [6.45, 7) is 6.46. The molecule has 0 bridgehead atoms. The molecule has 2 aliphatic heterocycles. The topological polar surface area (TPSA) is 62.3 Å². The van der Waals surface area contributed by atoms with Gasteiger partial charge in [0.15, 0.2) is 0 Å². The van der Waals surface area contributed by atoms with E-state index >= 15 is 0 Å². The Morgan fingerprint density at radius 3 is 2.31 bits per heavy atom. The van der Waals surface area contributed by atoms with Crippen molar-refractivity contribution in [2.75, 3.05) is 57.9 Å². The van der Waals surface area contributed by atoms with Crippen molar-refractivity contribution < 1.29 is 19.1 Å². The van der Waals surface area contributed by atoms with Gasteiger partial charge >= 0.3 is 0 Å². The number of likely N-dealkylation sites (N-methyl/N-ethyl adjacent to an activating group) is 1. The van der Waals surface area contributed by atoms with E-state index < -0.39 is 0 Å². The molecule has 7 nitrogen and oxygen atoms in total. The number of anilines is 1. The average Bonchev–Trinajstić information content (AvgIpc) is 3.09. The molecule has 2 aromatic carbocycles. The molecule has 2 aliphatic rings. The largest absolute Gasteiger partial charge is 0.496 e. The fourth-order valence-electron chi connectivity index (χ4n) is 4.25. The third-order valence-electron chi connectivity index (χ3n) is 5.92. The first kappa shape index (κ1) is 22.0. The number of carbonyl (C=O) groups excluding carboxylic acids is 2. The zero-order valence-electron chi connectivity index (χ0n) is 18.6. The van der Waals surface area contributed by atoms with Gasteiger partial charge in [-0.05, 0) is 25.1 Å². The lowest BCUT2D eigenvalue weighted by atomic mass is 10.0. The second-order valence-corrected chi connectivity index (χ2v) is 7.72. The van der Waals surface area contributed by atoms with E-state index in [-0.39, 0.29) is 11.8 Å². The van der Waals surface area contributed by atoms with Gasteiger partial charge in [0.05, 0.1) is 25.9 Å². The summed E-state index contributed by atoms with van der Waals surface area (Å²) in [5.41, 5.74) is 2.29. The molecule has 0 saturated carbocycles. The van der Waals surface area contributed by atoms with Crippen molar-refractivity contribution in [1.29, 1.82) is 0 Å². The molecule has 32 heavy (non-hydrogen) atoms. The van der Waals surface area contributed by atoms with Crippen LogP contribution in [0.1, 0.15) is 12.5 Å². The molecule has 0 aliphatic carbocycles. The molecule has 0 unspecified atom stereocenters. The van der Waals surface area contributed by atoms with E-state index in [0.29, 0.717) is 55.4 Å². The van der Waals surface area contributed by atoms with Gasteiger partial charge < -0.3 is 14.4 Å². The molecule has 2 heterocycles. The van der Waals surface area contributed by atoms with Crippen LogP contribution in [-0.4, -0.2) is 74.7 Å². The lowest BCUT2D eigenvalue weighted by Crippen LogP contribution is -2.44. The zero-order valence-corrected chi connectivity index (χ0v) is 18.6. The minimum atomic E-state index is -0.280. The molecule has 1 saturated heterocycles. The molecule has 0 radical (unpaired) electrons. The predicted octanol–water partition coefficient (Wildman–Crippen LogP) is 2.63. The Bertz CT molecular complexity index is 999. The molecule has 1 fully saturated rings. The number of ether oxygens (including phenoxy) is 2. The first-order chi connectivity index (χ1) is 15.7. The predicted molar refractivity (Wildman–Crippen MR) is 123 cm³/mol. The van der Waals surface area contributed by atoms with E-state index in [1.807, 2.05) is 66.4 Å². The highest BCUT2D eigenvalue weighted by molar-refractivity contribution is 6.37. The Morgan fingerprint density at radius 2 is 1.62 bits per heavy atom. The lowest BCUT2D eigenvalue weighted by molar-refractivity contribution is -0.137. The summed E-state index contributed by atoms with van der Waals surface area (Å²) in [7, 11) is 1.57. The zero-order chi connectivity index (χ0) is 22.5. The maximum atomic E-state index is 13.7. The minimum Gasteiger partial charge on any atom is -0.496 e. The van der Waals surface area contributed by atoms with E-state index in [2.05, 4.69) is 4.90 Å². The Kier molecular flexibility index (Phi) is 6.87. The van der Waals surface area contributed by atoms with Gasteiger partial charge in [-0.3, -0.25) is 19.4 Å². The van der Waals surface area contributed by atoms with Crippen LogP contribution in [0, 0.1) is 0 Å². The van der Waals surface area contributed by atoms with Crippen molar-refractivity contribution in [2.45, 2.75) is 6.92 Å². The van der Waals surface area contributed by atoms with Crippen molar-refractivity contribution in [3.05, 3.63) is 65.9 Å². The van der Waals surface area contributed by atoms with E-state index in [0.717, 1.165) is 18.8 Å². The van der Waals surface area contributed by atoms with Gasteiger partial charge in [-0.1, -0.05) is 36.4 Å². The van der Waals surface area contributed by atoms with Gasteiger partial charge in [-0.25, -0.2) is 0 Å². The van der Waals surface area contributed by atoms with Gasteiger partial charge in [0.25, 0.3) is 11.8 Å². The second-order valence-electron chi connectivity index (χ2n) is 7.72. The summed E-state index contributed by atoms with van der Waals surface area (Å²) in [6.07, 6.45) is 0. The molecule has 7 heteroatoms. The minimum absolute atomic E-state index is 0.269. The van der Waals surface area contributed by atoms with Gasteiger partial charge in [0.2, 0.25) is 0 Å². The van der Waals surface area contributed by atoms with E-state index in [4.69, 9.17) is 9.47 Å². The normalized spacial score (nSPS) is 17.2. The van der Waals surface area contributed by atoms with Gasteiger partial charge in [0, 0.05) is 44.0 Å². The molecular formula is C25H29N3O4. The highest BCUT2D eigenvalue weighted by Gasteiger charge is 2.42. The number of imide groups is 1. The van der Waals surface area contributed by atoms with E-state index in [1.165, 1.54) is 4.90 Å². The van der Waals surface area contributed by atoms with Crippen molar-refractivity contribution in [2.24, 2.45) is 0 Å². The highest BCUT2D eigenvalue weighted by atomic mass is 16.5. The molecule has 2 aromatic rings. The standard InChI is InChI=1S/C25H29N3O4/c1-3-27(19-9-5-4-6-10-19)23-22(20-11-7-8-12-21(20)31-2)24(29)28(25(23)30)14-13-26-15-17-32-18-16-26/h4-12H,3,13-18H2,1-2H3. The molecule has 2 amide bonds. The number of methoxy groups -OCH3 is 1. The smallest absolute Gasteiger partial charge is 0.278 e. The Hall–Kier alpha value is -3.16. The Labute approximate surface area is 188 Å². The SMILES string of the molecule is CCN(C1=C(c2ccccc2OC)C(=O)N(CCN2CCOCC2)C1=O)c1ccccc1. The van der Waals surface area contributed by atoms with E-state index in [1.54, 1.807) is 7.11 Å². The van der Waals surface area contributed by atoms with Gasteiger partial charge in [-0.2, -0.15) is 0 Å². The van der Waals surface area contributed by atoms with Gasteiger partial charge in [-0.15, -0.1) is 0 Å². The van der Waals surface area contributed by atoms with Crippen LogP contribution in [0.25, 0.3) is 5.57 Å². The van der Waals surface area contributed by atoms with Crippen LogP contribution < -0.4 is 9.64 Å². The summed E-state index contributed by atoms with van der Waals surface area (Å²) in [4.78, 5) is 32.8. The summed E-state index contributed by atoms with van der Waals surface area (Å²) in [5, 5.41) is 0. The number of para-hydroxylation sites is 2. The Morgan fingerprint density at radius 1 is 0.938 bits per heavy atom. The fourth-order valence-corrected chi connectivity index (χ4v) is 4.25. The Balaban J connectivity index is 1.74. The van der Waals surface area contributed by atoms with Crippen LogP contribution in [0.3, 0.4) is 0 Å². The molecule has 4 rings (SSSR count). The molecule has 0 spiro atoms. The van der Waals surface area contributed by atoms with Crippen molar-refractivity contribution in [3.63, 3.8) is 0 Å². The van der Waals surface area contributed by atoms with Crippen LogP contribution in [0.2, 0.25) is 0 Å². The highest BCUT2D eigenvalue weighted by Crippen LogP contribution is 2.37. The first-order valence-corrected chi connectivity index (χ1v) is 11.0. The summed E-state index contributed by atoms with van der Waals surface area (Å²) in [5.74, 6) is 0.0207. The second kappa shape index (κ2) is 9.97. The number of benzene rings is 2. The van der Waals surface area contributed by atoms with Crippen LogP contribution in [0.4, 0.5) is 5.69 Å². The first-order valence-electron chi connectivity index (χ1n) is 11.0. The third kappa shape index (κ3) is 4.26. The number of nitrogens with zero attached hydrogens (tertiary/aromatic N) is 3. The number of hydrogen-bond acceptors (Lipinski definition) is 6. The number of amides is 2. The van der Waals surface area contributed by atoms with Crippen LogP contribution in [0.5, 0.6) is 5.75 Å². The van der Waals surface area contributed by atoms with Gasteiger partial charge in [0.1, 0.15) is 11.4 Å². The summed E-state index contributed by atoms with van der Waals surface area (Å²) >= 11 is 0. The fraction of sp³-hybridized carbons (Fsp3) is 0.360. The number of morpholine rings is 1. The molecular weight excluding hydrogens is 406 g/mol. The molecule has 168 valence electrons. The van der Waals surface area contributed by atoms with Crippen molar-refractivity contribution in [3.8, 4) is 5.75 Å². The monoisotopic (exact) mass is 435 g/mol. The average molecular weight is 436 g/mol. The quantitative estimate of drug-likeness (QED) is 0.594. The maximum Gasteiger partial charge on any atom is 0.278 e. The molecule has 0 aromatic heterocycles. The number of carbonyl (C=O) groups is 2. The summed E-state index contributed by atoms with van der Waals surface area (Å²) in [6, 6.07) is 17.1. The number of hydrogen-bond donors (Lipinski definition) is 0. The van der Waals surface area contributed by atoms with Crippen molar-refractivity contribution >= 4 is 23.1 Å². The molecule has 0 N–H and O–H groups in total. The molecule has 0 atom stereocenters. The lowest BCUT2D eigenvalue weighted by Gasteiger charge is -2.28. The van der Waals surface area contributed by atoms with Crippen LogP contribution >= 0.6 is 0 Å². The van der Waals surface area contributed by atoms with E-state index in [9.17, 15) is 9.59 Å². The van der Waals surface area contributed by atoms with Crippen molar-refractivity contribution in [1.82, 2.24) is 9.80 Å².